The van der Waals surface area contributed by atoms with Crippen molar-refractivity contribution in [3.63, 3.8) is 0 Å². The van der Waals surface area contributed by atoms with Crippen LogP contribution in [0.3, 0.4) is 0 Å². The molecule has 0 aliphatic heterocycles. The van der Waals surface area contributed by atoms with Gasteiger partial charge in [-0.25, -0.2) is 5.43 Å². The van der Waals surface area contributed by atoms with E-state index in [1.54, 1.807) is 13.8 Å². The van der Waals surface area contributed by atoms with Gasteiger partial charge in [-0.15, -0.1) is 0 Å². The molecule has 0 atom stereocenters. The number of ether oxygens (including phenoxy) is 3. The average Bonchev–Trinajstić information content (AvgIpc) is 2.80. The van der Waals surface area contributed by atoms with Crippen LogP contribution in [0.4, 0.5) is 0 Å². The third-order valence-corrected chi connectivity index (χ3v) is 5.60. The predicted octanol–water partition coefficient (Wildman–Crippen LogP) is 2.38. The van der Waals surface area contributed by atoms with Crippen LogP contribution in [0, 0.1) is 13.8 Å². The normalized spacial score (nSPS) is 10.7. The first-order valence-corrected chi connectivity index (χ1v) is 10.1. The van der Waals surface area contributed by atoms with Crippen LogP contribution in [-0.2, 0) is 4.79 Å². The van der Waals surface area contributed by atoms with Crippen molar-refractivity contribution in [2.24, 2.45) is 5.10 Å². The first kappa shape index (κ1) is 24.8. The van der Waals surface area contributed by atoms with E-state index < -0.39 is 11.8 Å². The van der Waals surface area contributed by atoms with Crippen LogP contribution in [0.1, 0.15) is 27.0 Å². The maximum atomic E-state index is 12.4. The lowest BCUT2D eigenvalue weighted by Crippen LogP contribution is -2.35. The maximum absolute atomic E-state index is 12.4. The molecule has 32 heavy (non-hydrogen) atoms. The molecule has 0 spiro atoms. The summed E-state index contributed by atoms with van der Waals surface area (Å²) in [5, 5.41) is 26.4. The van der Waals surface area contributed by atoms with Gasteiger partial charge in [0.2, 0.25) is 5.75 Å². The molecule has 0 aromatic heterocycles. The lowest BCUT2D eigenvalue weighted by molar-refractivity contribution is -0.120. The number of halogens is 1. The van der Waals surface area contributed by atoms with E-state index in [9.17, 15) is 19.8 Å². The van der Waals surface area contributed by atoms with Crippen molar-refractivity contribution in [1.82, 2.24) is 10.7 Å². The largest absolute Gasteiger partial charge is 0.507 e. The Balaban J connectivity index is 2.05. The van der Waals surface area contributed by atoms with E-state index in [4.69, 9.17) is 14.2 Å². The van der Waals surface area contributed by atoms with Gasteiger partial charge in [0.25, 0.3) is 11.8 Å². The fourth-order valence-corrected chi connectivity index (χ4v) is 3.30. The number of hydrazone groups is 1. The third-order valence-electron chi connectivity index (χ3n) is 4.63. The van der Waals surface area contributed by atoms with Crippen molar-refractivity contribution in [2.45, 2.75) is 13.8 Å². The SMILES string of the molecule is COc1cc(C(=O)NCC(=O)NN=Cc2c(C)c(Br)c(O)c(C)c2O)cc(OC)c1OC. The first-order chi connectivity index (χ1) is 15.2. The number of methoxy groups -OCH3 is 3. The molecule has 0 aliphatic carbocycles. The quantitative estimate of drug-likeness (QED) is 0.316. The molecule has 11 heteroatoms. The molecule has 172 valence electrons. The molecule has 0 saturated carbocycles. The maximum Gasteiger partial charge on any atom is 0.259 e. The van der Waals surface area contributed by atoms with Gasteiger partial charge in [0.05, 0.1) is 38.6 Å². The molecule has 0 aliphatic rings. The number of hydrogen-bond donors (Lipinski definition) is 4. The van der Waals surface area contributed by atoms with E-state index in [0.29, 0.717) is 32.8 Å². The lowest BCUT2D eigenvalue weighted by Gasteiger charge is -2.14. The fourth-order valence-electron chi connectivity index (χ4n) is 2.79. The lowest BCUT2D eigenvalue weighted by atomic mass is 10.0. The van der Waals surface area contributed by atoms with Crippen LogP contribution < -0.4 is 25.0 Å². The summed E-state index contributed by atoms with van der Waals surface area (Å²) in [5.74, 6) is -0.405. The van der Waals surface area contributed by atoms with Crippen molar-refractivity contribution in [3.05, 3.63) is 38.9 Å². The molecule has 0 saturated heterocycles. The first-order valence-electron chi connectivity index (χ1n) is 9.26. The van der Waals surface area contributed by atoms with Crippen molar-refractivity contribution >= 4 is 34.0 Å². The van der Waals surface area contributed by atoms with Crippen LogP contribution >= 0.6 is 15.9 Å². The highest BCUT2D eigenvalue weighted by atomic mass is 79.9. The van der Waals surface area contributed by atoms with Gasteiger partial charge in [-0.05, 0) is 47.5 Å². The van der Waals surface area contributed by atoms with Gasteiger partial charge >= 0.3 is 0 Å². The summed E-state index contributed by atoms with van der Waals surface area (Å²) < 4.78 is 16.1. The second kappa shape index (κ2) is 10.7. The predicted molar refractivity (Wildman–Crippen MR) is 121 cm³/mol. The summed E-state index contributed by atoms with van der Waals surface area (Å²) >= 11 is 3.24. The number of benzene rings is 2. The van der Waals surface area contributed by atoms with Gasteiger partial charge in [0.1, 0.15) is 11.5 Å². The van der Waals surface area contributed by atoms with Gasteiger partial charge in [0, 0.05) is 16.7 Å². The number of carbonyl (C=O) groups is 2. The van der Waals surface area contributed by atoms with Gasteiger partial charge in [-0.1, -0.05) is 0 Å². The van der Waals surface area contributed by atoms with Crippen molar-refractivity contribution in [1.29, 1.82) is 0 Å². The van der Waals surface area contributed by atoms with Gasteiger partial charge in [0.15, 0.2) is 11.5 Å². The van der Waals surface area contributed by atoms with E-state index >= 15 is 0 Å². The summed E-state index contributed by atoms with van der Waals surface area (Å²) in [6, 6.07) is 2.92. The fraction of sp³-hybridized carbons (Fsp3) is 0.286. The van der Waals surface area contributed by atoms with Crippen molar-refractivity contribution in [2.75, 3.05) is 27.9 Å². The highest BCUT2D eigenvalue weighted by Crippen LogP contribution is 2.39. The molecule has 0 bridgehead atoms. The zero-order valence-corrected chi connectivity index (χ0v) is 19.8. The number of nitrogens with one attached hydrogen (secondary N) is 2. The Morgan fingerprint density at radius 1 is 1.03 bits per heavy atom. The molecule has 0 heterocycles. The Bertz CT molecular complexity index is 1020. The number of rotatable bonds is 8. The number of phenolic OH excluding ortho intramolecular Hbond substituents is 2. The Hall–Kier alpha value is -3.47. The van der Waals surface area contributed by atoms with Crippen LogP contribution in [0.2, 0.25) is 0 Å². The van der Waals surface area contributed by atoms with E-state index in [1.807, 2.05) is 0 Å². The summed E-state index contributed by atoms with van der Waals surface area (Å²) in [6.07, 6.45) is 1.25. The molecule has 4 N–H and O–H groups in total. The highest BCUT2D eigenvalue weighted by molar-refractivity contribution is 9.10. The highest BCUT2D eigenvalue weighted by Gasteiger charge is 2.18. The number of nitrogens with zero attached hydrogens (tertiary/aromatic N) is 1. The van der Waals surface area contributed by atoms with Crippen molar-refractivity contribution in [3.8, 4) is 28.7 Å². The van der Waals surface area contributed by atoms with Crippen LogP contribution in [-0.4, -0.2) is 56.1 Å². The minimum absolute atomic E-state index is 0.0734. The third kappa shape index (κ3) is 5.22. The van der Waals surface area contributed by atoms with E-state index in [2.05, 4.69) is 31.8 Å². The second-order valence-corrected chi connectivity index (χ2v) is 7.36. The Morgan fingerprint density at radius 3 is 2.16 bits per heavy atom. The van der Waals surface area contributed by atoms with Crippen molar-refractivity contribution < 1.29 is 34.0 Å². The summed E-state index contributed by atoms with van der Waals surface area (Å²) in [5.41, 5.74) is 3.62. The Labute approximate surface area is 193 Å². The molecule has 10 nitrogen and oxygen atoms in total. The topological polar surface area (TPSA) is 139 Å². The summed E-state index contributed by atoms with van der Waals surface area (Å²) in [4.78, 5) is 24.5. The molecule has 0 radical (unpaired) electrons. The van der Waals surface area contributed by atoms with Crippen LogP contribution in [0.15, 0.2) is 21.7 Å². The summed E-state index contributed by atoms with van der Waals surface area (Å²) in [6.45, 7) is 2.86. The minimum Gasteiger partial charge on any atom is -0.507 e. The van der Waals surface area contributed by atoms with E-state index in [0.717, 1.165) is 0 Å². The standard InChI is InChI=1S/C21H24BrN3O7/c1-10-13(18(27)11(2)19(28)17(10)22)8-24-25-16(26)9-23-21(29)12-6-14(30-3)20(32-5)15(7-12)31-4/h6-8,27-28H,9H2,1-5H3,(H,23,29)(H,25,26). The summed E-state index contributed by atoms with van der Waals surface area (Å²) in [7, 11) is 4.31. The van der Waals surface area contributed by atoms with E-state index in [1.165, 1.54) is 39.7 Å². The van der Waals surface area contributed by atoms with Crippen LogP contribution in [0.5, 0.6) is 28.7 Å². The molecular weight excluding hydrogens is 486 g/mol. The monoisotopic (exact) mass is 509 g/mol. The molecule has 2 amide bonds. The zero-order chi connectivity index (χ0) is 24.0. The zero-order valence-electron chi connectivity index (χ0n) is 18.2. The second-order valence-electron chi connectivity index (χ2n) is 6.56. The van der Waals surface area contributed by atoms with E-state index in [-0.39, 0.29) is 29.2 Å². The number of aromatic hydroxyl groups is 2. The number of amides is 2. The smallest absolute Gasteiger partial charge is 0.259 e. The van der Waals surface area contributed by atoms with Gasteiger partial charge < -0.3 is 29.7 Å². The average molecular weight is 510 g/mol. The number of hydrogen-bond acceptors (Lipinski definition) is 8. The molecule has 2 rings (SSSR count). The molecule has 0 unspecified atom stereocenters. The minimum atomic E-state index is -0.589. The number of carbonyl (C=O) groups excluding carboxylic acids is 2. The molecule has 2 aromatic rings. The van der Waals surface area contributed by atoms with Gasteiger partial charge in [-0.3, -0.25) is 9.59 Å². The Kier molecular flexibility index (Phi) is 8.30. The molecule has 2 aromatic carbocycles. The van der Waals surface area contributed by atoms with Crippen LogP contribution in [0.25, 0.3) is 0 Å². The molecular formula is C21H24BrN3O7. The molecule has 0 fully saturated rings. The number of phenols is 2. The Morgan fingerprint density at radius 2 is 1.62 bits per heavy atom. The van der Waals surface area contributed by atoms with Gasteiger partial charge in [-0.2, -0.15) is 5.10 Å².